The number of likely N-dealkylation sites (N-methyl/N-ethyl adjacent to an activating group) is 1. The van der Waals surface area contributed by atoms with Gasteiger partial charge in [0, 0.05) is 30.8 Å². The Morgan fingerprint density at radius 2 is 1.75 bits per heavy atom. The second-order valence-electron chi connectivity index (χ2n) is 8.92. The third kappa shape index (κ3) is 8.28. The first-order valence-electron chi connectivity index (χ1n) is 12.0. The van der Waals surface area contributed by atoms with Gasteiger partial charge in [0.05, 0.1) is 22.3 Å². The van der Waals surface area contributed by atoms with Crippen LogP contribution in [0.15, 0.2) is 59.6 Å². The van der Waals surface area contributed by atoms with E-state index in [-0.39, 0.29) is 12.0 Å². The summed E-state index contributed by atoms with van der Waals surface area (Å²) in [5.41, 5.74) is -0.559. The van der Waals surface area contributed by atoms with Crippen LogP contribution in [0.1, 0.15) is 41.9 Å². The summed E-state index contributed by atoms with van der Waals surface area (Å²) in [7, 11) is 1.83. The highest BCUT2D eigenvalue weighted by Crippen LogP contribution is 2.46. The zero-order valence-corrected chi connectivity index (χ0v) is 22.6. The number of hydrogen-bond acceptors (Lipinski definition) is 6. The van der Waals surface area contributed by atoms with Gasteiger partial charge in [0.15, 0.2) is 5.69 Å². The van der Waals surface area contributed by atoms with Crippen molar-refractivity contribution in [3.05, 3.63) is 77.4 Å². The number of pyridine rings is 1. The molecule has 0 saturated heterocycles. The van der Waals surface area contributed by atoms with Gasteiger partial charge >= 0.3 is 12.1 Å². The van der Waals surface area contributed by atoms with Crippen molar-refractivity contribution in [2.45, 2.75) is 43.9 Å². The smallest absolute Gasteiger partial charge is 0.420 e. The predicted molar refractivity (Wildman–Crippen MR) is 140 cm³/mol. The molecule has 0 aliphatic carbocycles. The number of carbonyl (C=O) groups is 1. The van der Waals surface area contributed by atoms with E-state index in [1.807, 2.05) is 46.6 Å². The standard InChI is InChI=1S/C23H19F4N3O3S.C4H8F2/c1-29-7-8-30(16-5-3-2-4-6-16)18-10-17(23(25,26)27)19(11-20(18)34-29)33-13-14-9-15(24)12-28-21(14)22(31)32;1-3-4(2,5)6/h2-6,9-12H,7-8,13H2,1H3,(H,31,32);3H2,1-2H3. The summed E-state index contributed by atoms with van der Waals surface area (Å²) in [6.45, 7) is 2.82. The van der Waals surface area contributed by atoms with Crippen LogP contribution in [-0.4, -0.2) is 46.4 Å². The van der Waals surface area contributed by atoms with Crippen molar-refractivity contribution in [1.82, 2.24) is 9.29 Å². The lowest BCUT2D eigenvalue weighted by molar-refractivity contribution is -0.139. The lowest BCUT2D eigenvalue weighted by Crippen LogP contribution is -2.24. The predicted octanol–water partition coefficient (Wildman–Crippen LogP) is 7.66. The minimum absolute atomic E-state index is 0.0625. The number of carboxylic acids is 1. The minimum atomic E-state index is -4.74. The highest BCUT2D eigenvalue weighted by atomic mass is 32.2. The number of para-hydroxylation sites is 1. The molecule has 216 valence electrons. The van der Waals surface area contributed by atoms with E-state index in [1.165, 1.54) is 24.9 Å². The summed E-state index contributed by atoms with van der Waals surface area (Å²) in [4.78, 5) is 17.2. The molecule has 0 radical (unpaired) electrons. The molecule has 0 unspecified atom stereocenters. The number of hydrogen-bond donors (Lipinski definition) is 1. The van der Waals surface area contributed by atoms with E-state index in [4.69, 9.17) is 4.74 Å². The maximum atomic E-state index is 14.0. The van der Waals surface area contributed by atoms with Crippen molar-refractivity contribution >= 4 is 29.3 Å². The number of fused-ring (bicyclic) bond motifs is 1. The summed E-state index contributed by atoms with van der Waals surface area (Å²) in [5.74, 6) is -5.20. The number of aromatic nitrogens is 1. The van der Waals surface area contributed by atoms with Crippen LogP contribution in [0.5, 0.6) is 5.75 Å². The van der Waals surface area contributed by atoms with Crippen LogP contribution in [0, 0.1) is 5.82 Å². The fraction of sp³-hybridized carbons (Fsp3) is 0.333. The molecule has 4 rings (SSSR count). The van der Waals surface area contributed by atoms with E-state index < -0.39 is 47.5 Å². The van der Waals surface area contributed by atoms with Gasteiger partial charge in [-0.15, -0.1) is 0 Å². The molecule has 40 heavy (non-hydrogen) atoms. The molecule has 0 spiro atoms. The zero-order chi connectivity index (χ0) is 29.7. The molecular weight excluding hydrogens is 560 g/mol. The Morgan fingerprint density at radius 3 is 2.33 bits per heavy atom. The molecule has 6 nitrogen and oxygen atoms in total. The van der Waals surface area contributed by atoms with Crippen LogP contribution < -0.4 is 9.64 Å². The zero-order valence-electron chi connectivity index (χ0n) is 21.8. The summed E-state index contributed by atoms with van der Waals surface area (Å²) in [6, 6.07) is 12.3. The number of rotatable bonds is 6. The molecule has 1 aliphatic rings. The van der Waals surface area contributed by atoms with Crippen LogP contribution in [0.25, 0.3) is 0 Å². The molecule has 0 fully saturated rings. The lowest BCUT2D eigenvalue weighted by atomic mass is 10.1. The van der Waals surface area contributed by atoms with E-state index in [2.05, 4.69) is 4.98 Å². The highest BCUT2D eigenvalue weighted by Gasteiger charge is 2.37. The molecule has 0 amide bonds. The van der Waals surface area contributed by atoms with Crippen LogP contribution in [-0.2, 0) is 12.8 Å². The number of benzene rings is 2. The SMILES string of the molecule is CCC(C)(F)F.CN1CCN(c2ccccc2)c2cc(C(F)(F)F)c(OCc3cc(F)cnc3C(=O)O)cc2S1. The normalized spacial score (nSPS) is 14.1. The van der Waals surface area contributed by atoms with Gasteiger partial charge in [0.1, 0.15) is 18.2 Å². The molecule has 0 atom stereocenters. The Hall–Kier alpha value is -3.45. The number of carboxylic acid groups (broad SMARTS) is 1. The van der Waals surface area contributed by atoms with Gasteiger partial charge < -0.3 is 14.7 Å². The number of anilines is 2. The first-order chi connectivity index (χ1) is 18.7. The number of ether oxygens (including phenoxy) is 1. The number of aromatic carboxylic acids is 1. The molecular formula is C27H27F6N3O3S. The van der Waals surface area contributed by atoms with E-state index in [0.29, 0.717) is 23.7 Å². The Morgan fingerprint density at radius 1 is 1.10 bits per heavy atom. The van der Waals surface area contributed by atoms with Crippen LogP contribution in [0.4, 0.5) is 37.7 Å². The average molecular weight is 588 g/mol. The van der Waals surface area contributed by atoms with E-state index in [1.54, 1.807) is 0 Å². The summed E-state index contributed by atoms with van der Waals surface area (Å²) in [6.07, 6.45) is -4.08. The fourth-order valence-corrected chi connectivity index (χ4v) is 4.50. The van der Waals surface area contributed by atoms with Crippen molar-refractivity contribution < 1.29 is 41.0 Å². The van der Waals surface area contributed by atoms with Crippen LogP contribution in [0.2, 0.25) is 0 Å². The molecule has 2 aromatic carbocycles. The van der Waals surface area contributed by atoms with Crippen molar-refractivity contribution in [1.29, 1.82) is 0 Å². The second-order valence-corrected chi connectivity index (χ2v) is 10.2. The Balaban J connectivity index is 0.000000663. The van der Waals surface area contributed by atoms with E-state index in [0.717, 1.165) is 30.9 Å². The van der Waals surface area contributed by atoms with Crippen molar-refractivity contribution in [2.75, 3.05) is 25.0 Å². The largest absolute Gasteiger partial charge is 0.488 e. The summed E-state index contributed by atoms with van der Waals surface area (Å²) >= 11 is 1.27. The van der Waals surface area contributed by atoms with Gasteiger partial charge in [-0.05, 0) is 56.3 Å². The number of alkyl halides is 5. The monoisotopic (exact) mass is 587 g/mol. The molecule has 2 heterocycles. The lowest BCUT2D eigenvalue weighted by Gasteiger charge is -2.26. The molecule has 1 aliphatic heterocycles. The summed E-state index contributed by atoms with van der Waals surface area (Å²) < 4.78 is 86.0. The first kappa shape index (κ1) is 31.1. The first-order valence-corrected chi connectivity index (χ1v) is 12.8. The summed E-state index contributed by atoms with van der Waals surface area (Å²) in [5, 5.41) is 9.26. The number of halogens is 6. The molecule has 3 aromatic rings. The van der Waals surface area contributed by atoms with Gasteiger partial charge in [0.25, 0.3) is 0 Å². The fourth-order valence-electron chi connectivity index (χ4n) is 3.56. The third-order valence-electron chi connectivity index (χ3n) is 5.76. The van der Waals surface area contributed by atoms with E-state index >= 15 is 0 Å². The van der Waals surface area contributed by atoms with Gasteiger partial charge in [-0.25, -0.2) is 27.3 Å². The van der Waals surface area contributed by atoms with Crippen molar-refractivity contribution in [3.63, 3.8) is 0 Å². The molecule has 1 N–H and O–H groups in total. The second kappa shape index (κ2) is 12.8. The third-order valence-corrected chi connectivity index (χ3v) is 6.78. The van der Waals surface area contributed by atoms with Gasteiger partial charge in [-0.3, -0.25) is 0 Å². The topological polar surface area (TPSA) is 65.9 Å². The Bertz CT molecular complexity index is 1320. The molecule has 0 saturated carbocycles. The minimum Gasteiger partial charge on any atom is -0.488 e. The van der Waals surface area contributed by atoms with Gasteiger partial charge in [-0.1, -0.05) is 25.1 Å². The maximum absolute atomic E-state index is 14.0. The van der Waals surface area contributed by atoms with Gasteiger partial charge in [0.2, 0.25) is 5.92 Å². The Labute approximate surface area is 231 Å². The molecule has 13 heteroatoms. The molecule has 0 bridgehead atoms. The average Bonchev–Trinajstić information content (AvgIpc) is 3.04. The van der Waals surface area contributed by atoms with Gasteiger partial charge in [-0.2, -0.15) is 13.2 Å². The molecule has 1 aromatic heterocycles. The highest BCUT2D eigenvalue weighted by molar-refractivity contribution is 7.97. The van der Waals surface area contributed by atoms with Crippen molar-refractivity contribution in [2.24, 2.45) is 0 Å². The van der Waals surface area contributed by atoms with Crippen LogP contribution in [0.3, 0.4) is 0 Å². The quantitative estimate of drug-likeness (QED) is 0.235. The maximum Gasteiger partial charge on any atom is 0.420 e. The Kier molecular flexibility index (Phi) is 9.96. The number of nitrogens with zero attached hydrogens (tertiary/aromatic N) is 3. The van der Waals surface area contributed by atoms with E-state index in [9.17, 15) is 36.2 Å². The van der Waals surface area contributed by atoms with Crippen LogP contribution >= 0.6 is 11.9 Å². The van der Waals surface area contributed by atoms with Crippen molar-refractivity contribution in [3.8, 4) is 5.75 Å².